The minimum Gasteiger partial charge on any atom is -0.300 e. The molecule has 0 saturated heterocycles. The highest BCUT2D eigenvalue weighted by molar-refractivity contribution is 7.71. The highest BCUT2D eigenvalue weighted by atomic mass is 32.1. The van der Waals surface area contributed by atoms with Crippen molar-refractivity contribution in [2.75, 3.05) is 0 Å². The molecule has 1 aromatic carbocycles. The third-order valence-corrected chi connectivity index (χ3v) is 3.81. The minimum atomic E-state index is 0.172. The summed E-state index contributed by atoms with van der Waals surface area (Å²) in [6, 6.07) is 8.62. The van der Waals surface area contributed by atoms with Gasteiger partial charge in [-0.1, -0.05) is 58.4 Å². The second-order valence-electron chi connectivity index (χ2n) is 6.18. The zero-order chi connectivity index (χ0) is 14.8. The van der Waals surface area contributed by atoms with Crippen molar-refractivity contribution in [2.45, 2.75) is 52.5 Å². The van der Waals surface area contributed by atoms with Crippen molar-refractivity contribution in [3.05, 3.63) is 34.6 Å². The van der Waals surface area contributed by atoms with E-state index in [9.17, 15) is 0 Å². The highest BCUT2D eigenvalue weighted by Crippen LogP contribution is 2.25. The molecule has 0 saturated carbocycles. The van der Waals surface area contributed by atoms with Gasteiger partial charge in [0.15, 0.2) is 10.6 Å². The second kappa shape index (κ2) is 5.92. The summed E-state index contributed by atoms with van der Waals surface area (Å²) in [5, 5.41) is 7.28. The van der Waals surface area contributed by atoms with Gasteiger partial charge in [0.1, 0.15) is 0 Å². The molecule has 0 aliphatic carbocycles. The van der Waals surface area contributed by atoms with Gasteiger partial charge in [0.05, 0.1) is 0 Å². The molecule has 0 amide bonds. The summed E-state index contributed by atoms with van der Waals surface area (Å²) in [5.41, 5.74) is 2.61. The van der Waals surface area contributed by atoms with Crippen LogP contribution in [0.5, 0.6) is 0 Å². The molecule has 20 heavy (non-hydrogen) atoms. The first-order valence-corrected chi connectivity index (χ1v) is 7.60. The van der Waals surface area contributed by atoms with E-state index in [1.165, 1.54) is 5.56 Å². The van der Waals surface area contributed by atoms with E-state index < -0.39 is 0 Å². The van der Waals surface area contributed by atoms with Gasteiger partial charge in [0.2, 0.25) is 0 Å². The van der Waals surface area contributed by atoms with E-state index in [2.05, 4.69) is 66.7 Å². The molecule has 108 valence electrons. The van der Waals surface area contributed by atoms with Gasteiger partial charge in [-0.25, -0.2) is 0 Å². The van der Waals surface area contributed by atoms with Crippen molar-refractivity contribution in [3.8, 4) is 11.4 Å². The number of nitrogens with one attached hydrogen (secondary N) is 1. The number of unbranched alkanes of at least 4 members (excludes halogenated alkanes) is 1. The fourth-order valence-corrected chi connectivity index (χ4v) is 2.40. The van der Waals surface area contributed by atoms with Gasteiger partial charge in [-0.05, 0) is 29.6 Å². The monoisotopic (exact) mass is 289 g/mol. The molecule has 0 aliphatic heterocycles. The smallest absolute Gasteiger partial charge is 0.195 e. The van der Waals surface area contributed by atoms with E-state index in [-0.39, 0.29) is 5.41 Å². The van der Waals surface area contributed by atoms with Gasteiger partial charge in [-0.3, -0.25) is 5.10 Å². The van der Waals surface area contributed by atoms with Gasteiger partial charge in [-0.15, -0.1) is 0 Å². The van der Waals surface area contributed by atoms with E-state index in [1.54, 1.807) is 0 Å². The molecule has 0 fully saturated rings. The number of hydrogen-bond acceptors (Lipinski definition) is 2. The summed E-state index contributed by atoms with van der Waals surface area (Å²) in [6.45, 7) is 9.77. The van der Waals surface area contributed by atoms with Crippen LogP contribution >= 0.6 is 12.2 Å². The van der Waals surface area contributed by atoms with Crippen LogP contribution in [0.1, 0.15) is 46.1 Å². The standard InChI is InChI=1S/C16H23N3S/c1-5-6-11-19-14(17-18-15(19)20)12-7-9-13(10-8-12)16(2,3)4/h7-10H,5-6,11H2,1-4H3,(H,18,20). The second-order valence-corrected chi connectivity index (χ2v) is 6.57. The SMILES string of the molecule is CCCCn1c(-c2ccc(C(C)(C)C)cc2)n[nH]c1=S. The van der Waals surface area contributed by atoms with Crippen LogP contribution in [0.4, 0.5) is 0 Å². The molecule has 3 nitrogen and oxygen atoms in total. The van der Waals surface area contributed by atoms with Crippen LogP contribution in [0.2, 0.25) is 0 Å². The number of hydrogen-bond donors (Lipinski definition) is 1. The molecule has 2 rings (SSSR count). The first-order chi connectivity index (χ1) is 9.43. The Morgan fingerprint density at radius 3 is 2.40 bits per heavy atom. The van der Waals surface area contributed by atoms with Crippen LogP contribution in [-0.2, 0) is 12.0 Å². The maximum atomic E-state index is 5.32. The zero-order valence-electron chi connectivity index (χ0n) is 12.7. The molecule has 4 heteroatoms. The molecule has 0 radical (unpaired) electrons. The first-order valence-electron chi connectivity index (χ1n) is 7.19. The van der Waals surface area contributed by atoms with Crippen LogP contribution < -0.4 is 0 Å². The number of rotatable bonds is 4. The Kier molecular flexibility index (Phi) is 4.43. The largest absolute Gasteiger partial charge is 0.300 e. The van der Waals surface area contributed by atoms with Gasteiger partial charge in [0.25, 0.3) is 0 Å². The van der Waals surface area contributed by atoms with E-state index in [0.717, 1.165) is 30.8 Å². The average Bonchev–Trinajstić information content (AvgIpc) is 2.77. The van der Waals surface area contributed by atoms with Crippen molar-refractivity contribution in [2.24, 2.45) is 0 Å². The summed E-state index contributed by atoms with van der Waals surface area (Å²) < 4.78 is 2.79. The first kappa shape index (κ1) is 15.0. The van der Waals surface area contributed by atoms with E-state index in [1.807, 2.05) is 0 Å². The molecule has 1 N–H and O–H groups in total. The molecule has 0 spiro atoms. The molecule has 1 aromatic heterocycles. The molecular formula is C16H23N3S. The maximum Gasteiger partial charge on any atom is 0.195 e. The van der Waals surface area contributed by atoms with Gasteiger partial charge in [-0.2, -0.15) is 5.10 Å². The molecule has 1 heterocycles. The van der Waals surface area contributed by atoms with E-state index >= 15 is 0 Å². The number of benzene rings is 1. The Morgan fingerprint density at radius 2 is 1.85 bits per heavy atom. The highest BCUT2D eigenvalue weighted by Gasteiger charge is 2.14. The van der Waals surface area contributed by atoms with Crippen molar-refractivity contribution in [1.82, 2.24) is 14.8 Å². The lowest BCUT2D eigenvalue weighted by atomic mass is 9.87. The normalized spacial score (nSPS) is 11.8. The van der Waals surface area contributed by atoms with Gasteiger partial charge in [0, 0.05) is 12.1 Å². The lowest BCUT2D eigenvalue weighted by molar-refractivity contribution is 0.590. The minimum absolute atomic E-state index is 0.172. The Labute approximate surface area is 126 Å². The van der Waals surface area contributed by atoms with Gasteiger partial charge >= 0.3 is 0 Å². The molecule has 0 aliphatic rings. The Bertz CT molecular complexity index is 614. The van der Waals surface area contributed by atoms with Crippen LogP contribution in [0.25, 0.3) is 11.4 Å². The van der Waals surface area contributed by atoms with Crippen molar-refractivity contribution >= 4 is 12.2 Å². The molecule has 2 aromatic rings. The topological polar surface area (TPSA) is 33.6 Å². The predicted octanol–water partition coefficient (Wildman–Crippen LogP) is 4.71. The number of H-pyrrole nitrogens is 1. The number of aromatic nitrogens is 3. The van der Waals surface area contributed by atoms with Crippen molar-refractivity contribution in [3.63, 3.8) is 0 Å². The molecule has 0 atom stereocenters. The predicted molar refractivity (Wildman–Crippen MR) is 86.5 cm³/mol. The summed E-state index contributed by atoms with van der Waals surface area (Å²) in [5.74, 6) is 0.934. The molecule has 0 bridgehead atoms. The third kappa shape index (κ3) is 3.18. The summed E-state index contributed by atoms with van der Waals surface area (Å²) in [7, 11) is 0. The van der Waals surface area contributed by atoms with Crippen LogP contribution in [-0.4, -0.2) is 14.8 Å². The molecule has 0 unspecified atom stereocenters. The van der Waals surface area contributed by atoms with Crippen molar-refractivity contribution in [1.29, 1.82) is 0 Å². The van der Waals surface area contributed by atoms with Crippen LogP contribution in [0.3, 0.4) is 0 Å². The fourth-order valence-electron chi connectivity index (χ4n) is 2.18. The fraction of sp³-hybridized carbons (Fsp3) is 0.500. The summed E-state index contributed by atoms with van der Waals surface area (Å²) in [4.78, 5) is 0. The lowest BCUT2D eigenvalue weighted by Crippen LogP contribution is -2.10. The lowest BCUT2D eigenvalue weighted by Gasteiger charge is -2.19. The summed E-state index contributed by atoms with van der Waals surface area (Å²) >= 11 is 5.32. The Morgan fingerprint density at radius 1 is 1.20 bits per heavy atom. The van der Waals surface area contributed by atoms with Crippen LogP contribution in [0.15, 0.2) is 24.3 Å². The maximum absolute atomic E-state index is 5.32. The van der Waals surface area contributed by atoms with Gasteiger partial charge < -0.3 is 4.57 Å². The molecular weight excluding hydrogens is 266 g/mol. The Balaban J connectivity index is 2.35. The average molecular weight is 289 g/mol. The zero-order valence-corrected chi connectivity index (χ0v) is 13.5. The number of nitrogens with zero attached hydrogens (tertiary/aromatic N) is 2. The Hall–Kier alpha value is -1.42. The number of aromatic amines is 1. The van der Waals surface area contributed by atoms with Crippen molar-refractivity contribution < 1.29 is 0 Å². The summed E-state index contributed by atoms with van der Waals surface area (Å²) in [6.07, 6.45) is 2.26. The van der Waals surface area contributed by atoms with E-state index in [0.29, 0.717) is 4.77 Å². The quantitative estimate of drug-likeness (QED) is 0.827. The third-order valence-electron chi connectivity index (χ3n) is 3.50. The van der Waals surface area contributed by atoms with E-state index in [4.69, 9.17) is 12.2 Å². The van der Waals surface area contributed by atoms with Crippen LogP contribution in [0, 0.1) is 4.77 Å².